The third-order valence-corrected chi connectivity index (χ3v) is 5.25. The summed E-state index contributed by atoms with van der Waals surface area (Å²) in [6.45, 7) is 2.55. The Labute approximate surface area is 151 Å². The van der Waals surface area contributed by atoms with Crippen molar-refractivity contribution in [3.8, 4) is 5.75 Å². The zero-order valence-electron chi connectivity index (χ0n) is 15.1. The van der Waals surface area contributed by atoms with Gasteiger partial charge < -0.3 is 10.1 Å². The highest BCUT2D eigenvalue weighted by Crippen LogP contribution is 2.52. The van der Waals surface area contributed by atoms with Crippen LogP contribution in [0.3, 0.4) is 0 Å². The smallest absolute Gasteiger partial charge is 0.228 e. The fraction of sp³-hybridized carbons (Fsp3) is 0.500. The van der Waals surface area contributed by atoms with Gasteiger partial charge in [-0.1, -0.05) is 36.4 Å². The van der Waals surface area contributed by atoms with E-state index in [9.17, 15) is 4.79 Å². The summed E-state index contributed by atoms with van der Waals surface area (Å²) in [5.41, 5.74) is 0.788. The van der Waals surface area contributed by atoms with E-state index in [-0.39, 0.29) is 11.8 Å². The van der Waals surface area contributed by atoms with E-state index < -0.39 is 0 Å². The molecule has 3 heteroatoms. The first kappa shape index (κ1) is 17.8. The Morgan fingerprint density at radius 1 is 1.00 bits per heavy atom. The standard InChI is InChI=1S/C22H29NO2/c1-2-25-20-16-12-11-15-19(20)23-22(24)21-17-13-9-7-5-3-4-6-8-10-14-18(17)21/h5-8,11-12,15-18,21H,2-4,9-10,13-14H2,1H3,(H,23,24)/b7-5-,8-6+. The van der Waals surface area contributed by atoms with Gasteiger partial charge in [0.1, 0.15) is 5.75 Å². The third kappa shape index (κ3) is 4.75. The van der Waals surface area contributed by atoms with Crippen LogP contribution < -0.4 is 10.1 Å². The van der Waals surface area contributed by atoms with Gasteiger partial charge in [0.05, 0.1) is 12.3 Å². The SMILES string of the molecule is CCOc1ccccc1NC(=O)C1C2CC/C=C\CC/C=C/CCC21. The molecular formula is C22H29NO2. The Morgan fingerprint density at radius 3 is 2.24 bits per heavy atom. The third-order valence-electron chi connectivity index (χ3n) is 5.25. The normalized spacial score (nSPS) is 28.6. The topological polar surface area (TPSA) is 38.3 Å². The van der Waals surface area contributed by atoms with Gasteiger partial charge in [-0.3, -0.25) is 4.79 Å². The molecule has 1 saturated carbocycles. The van der Waals surface area contributed by atoms with Gasteiger partial charge in [0.2, 0.25) is 5.91 Å². The Balaban J connectivity index is 1.64. The van der Waals surface area contributed by atoms with Crippen LogP contribution in [-0.2, 0) is 4.79 Å². The van der Waals surface area contributed by atoms with Crippen molar-refractivity contribution in [2.24, 2.45) is 17.8 Å². The predicted octanol–water partition coefficient (Wildman–Crippen LogP) is 5.35. The Kier molecular flexibility index (Phi) is 6.32. The molecule has 3 rings (SSSR count). The number of anilines is 1. The summed E-state index contributed by atoms with van der Waals surface area (Å²) >= 11 is 0. The highest BCUT2D eigenvalue weighted by Gasteiger charge is 2.52. The lowest BCUT2D eigenvalue weighted by Crippen LogP contribution is -2.16. The van der Waals surface area contributed by atoms with Crippen LogP contribution in [0.4, 0.5) is 5.69 Å². The fourth-order valence-corrected chi connectivity index (χ4v) is 3.93. The summed E-state index contributed by atoms with van der Waals surface area (Å²) in [5.74, 6) is 2.11. The highest BCUT2D eigenvalue weighted by atomic mass is 16.5. The number of rotatable bonds is 4. The molecule has 0 spiro atoms. The number of hydrogen-bond acceptors (Lipinski definition) is 2. The van der Waals surface area contributed by atoms with E-state index in [2.05, 4.69) is 29.6 Å². The molecule has 0 bridgehead atoms. The van der Waals surface area contributed by atoms with Crippen LogP contribution in [0.5, 0.6) is 5.75 Å². The highest BCUT2D eigenvalue weighted by molar-refractivity contribution is 5.96. The molecule has 3 unspecified atom stereocenters. The van der Waals surface area contributed by atoms with Crippen molar-refractivity contribution in [3.05, 3.63) is 48.6 Å². The largest absolute Gasteiger partial charge is 0.492 e. The Hall–Kier alpha value is -2.03. The maximum Gasteiger partial charge on any atom is 0.228 e. The Morgan fingerprint density at radius 2 is 1.60 bits per heavy atom. The summed E-state index contributed by atoms with van der Waals surface area (Å²) < 4.78 is 5.62. The van der Waals surface area contributed by atoms with E-state index in [1.165, 1.54) is 0 Å². The van der Waals surface area contributed by atoms with Crippen LogP contribution in [0.1, 0.15) is 45.4 Å². The fourth-order valence-electron chi connectivity index (χ4n) is 3.93. The van der Waals surface area contributed by atoms with Crippen LogP contribution >= 0.6 is 0 Å². The minimum absolute atomic E-state index is 0.150. The van der Waals surface area contributed by atoms with Crippen molar-refractivity contribution in [1.82, 2.24) is 0 Å². The maximum atomic E-state index is 12.8. The average Bonchev–Trinajstić information content (AvgIpc) is 3.29. The summed E-state index contributed by atoms with van der Waals surface area (Å²) in [6.07, 6.45) is 15.8. The number of amides is 1. The minimum Gasteiger partial charge on any atom is -0.492 e. The van der Waals surface area contributed by atoms with E-state index in [1.54, 1.807) is 0 Å². The lowest BCUT2D eigenvalue weighted by atomic mass is 10.1. The van der Waals surface area contributed by atoms with Crippen molar-refractivity contribution in [2.75, 3.05) is 11.9 Å². The molecule has 1 fully saturated rings. The lowest BCUT2D eigenvalue weighted by Gasteiger charge is -2.11. The van der Waals surface area contributed by atoms with Crippen LogP contribution in [0, 0.1) is 17.8 Å². The van der Waals surface area contributed by atoms with E-state index in [0.29, 0.717) is 18.4 Å². The van der Waals surface area contributed by atoms with Crippen molar-refractivity contribution >= 4 is 11.6 Å². The van der Waals surface area contributed by atoms with Crippen molar-refractivity contribution in [3.63, 3.8) is 0 Å². The quantitative estimate of drug-likeness (QED) is 0.751. The van der Waals surface area contributed by atoms with Crippen molar-refractivity contribution < 1.29 is 9.53 Å². The number of allylic oxidation sites excluding steroid dienone is 4. The molecule has 2 aliphatic rings. The Bertz CT molecular complexity index is 611. The van der Waals surface area contributed by atoms with Gasteiger partial charge in [0.15, 0.2) is 0 Å². The molecule has 134 valence electrons. The molecule has 3 nitrogen and oxygen atoms in total. The van der Waals surface area contributed by atoms with E-state index in [1.807, 2.05) is 31.2 Å². The molecule has 2 aliphatic carbocycles. The number of benzene rings is 1. The van der Waals surface area contributed by atoms with Gasteiger partial charge in [0, 0.05) is 5.92 Å². The number of fused-ring (bicyclic) bond motifs is 1. The van der Waals surface area contributed by atoms with E-state index >= 15 is 0 Å². The van der Waals surface area contributed by atoms with Crippen molar-refractivity contribution in [2.45, 2.75) is 45.4 Å². The van der Waals surface area contributed by atoms with E-state index in [0.717, 1.165) is 50.0 Å². The lowest BCUT2D eigenvalue weighted by molar-refractivity contribution is -0.117. The van der Waals surface area contributed by atoms with E-state index in [4.69, 9.17) is 4.74 Å². The average molecular weight is 339 g/mol. The van der Waals surface area contributed by atoms with Crippen LogP contribution in [0.25, 0.3) is 0 Å². The predicted molar refractivity (Wildman–Crippen MR) is 103 cm³/mol. The van der Waals surface area contributed by atoms with Gasteiger partial charge in [-0.05, 0) is 69.4 Å². The number of carbonyl (C=O) groups is 1. The summed E-state index contributed by atoms with van der Waals surface area (Å²) in [6, 6.07) is 7.70. The number of hydrogen-bond donors (Lipinski definition) is 1. The first-order valence-electron chi connectivity index (χ1n) is 9.64. The molecule has 1 aromatic rings. The first-order valence-corrected chi connectivity index (χ1v) is 9.64. The monoisotopic (exact) mass is 339 g/mol. The second-order valence-corrected chi connectivity index (χ2v) is 6.95. The molecule has 0 heterocycles. The molecule has 0 radical (unpaired) electrons. The molecule has 25 heavy (non-hydrogen) atoms. The molecule has 1 N–H and O–H groups in total. The van der Waals surface area contributed by atoms with Crippen LogP contribution in [0.15, 0.2) is 48.6 Å². The second kappa shape index (κ2) is 8.89. The van der Waals surface area contributed by atoms with Crippen LogP contribution in [-0.4, -0.2) is 12.5 Å². The molecule has 1 aromatic carbocycles. The molecule has 0 aromatic heterocycles. The second-order valence-electron chi connectivity index (χ2n) is 6.95. The molecular weight excluding hydrogens is 310 g/mol. The van der Waals surface area contributed by atoms with Gasteiger partial charge in [-0.25, -0.2) is 0 Å². The summed E-state index contributed by atoms with van der Waals surface area (Å²) in [5, 5.41) is 3.11. The van der Waals surface area contributed by atoms with Gasteiger partial charge in [-0.2, -0.15) is 0 Å². The maximum absolute atomic E-state index is 12.8. The molecule has 1 amide bonds. The zero-order valence-corrected chi connectivity index (χ0v) is 15.1. The molecule has 0 saturated heterocycles. The van der Waals surface area contributed by atoms with Crippen LogP contribution in [0.2, 0.25) is 0 Å². The minimum atomic E-state index is 0.150. The number of nitrogens with one attached hydrogen (secondary N) is 1. The van der Waals surface area contributed by atoms with Crippen molar-refractivity contribution in [1.29, 1.82) is 0 Å². The summed E-state index contributed by atoms with van der Waals surface area (Å²) in [7, 11) is 0. The zero-order chi connectivity index (χ0) is 17.5. The summed E-state index contributed by atoms with van der Waals surface area (Å²) in [4.78, 5) is 12.8. The van der Waals surface area contributed by atoms with Gasteiger partial charge in [-0.15, -0.1) is 0 Å². The van der Waals surface area contributed by atoms with Gasteiger partial charge in [0.25, 0.3) is 0 Å². The van der Waals surface area contributed by atoms with Gasteiger partial charge >= 0.3 is 0 Å². The number of carbonyl (C=O) groups excluding carboxylic acids is 1. The molecule has 3 atom stereocenters. The number of ether oxygens (including phenoxy) is 1. The molecule has 0 aliphatic heterocycles. The number of para-hydroxylation sites is 2. The first-order chi connectivity index (χ1) is 12.3.